The molecule has 0 aromatic rings. The minimum Gasteiger partial charge on any atom is -0.750 e. The fraction of sp³-hybridized carbons (Fsp3) is 1.00. The van der Waals surface area contributed by atoms with Crippen molar-refractivity contribution in [2.45, 2.75) is 13.3 Å². The maximum atomic E-state index is 9.54. The van der Waals surface area contributed by atoms with Gasteiger partial charge in [-0.2, -0.15) is 0 Å². The highest BCUT2D eigenvalue weighted by Crippen LogP contribution is 1.80. The van der Waals surface area contributed by atoms with Crippen molar-refractivity contribution in [1.29, 1.82) is 0 Å². The summed E-state index contributed by atoms with van der Waals surface area (Å²) in [6.07, 6.45) is 0.730. The van der Waals surface area contributed by atoms with Crippen molar-refractivity contribution >= 4 is 11.4 Å². The van der Waals surface area contributed by atoms with Crippen molar-refractivity contribution in [3.8, 4) is 0 Å². The zero-order chi connectivity index (χ0) is 5.70. The van der Waals surface area contributed by atoms with Gasteiger partial charge in [0, 0.05) is 0 Å². The van der Waals surface area contributed by atoms with Gasteiger partial charge in [0.2, 0.25) is 0 Å². The van der Waals surface area contributed by atoms with Gasteiger partial charge < -0.3 is 20.4 Å². The first-order chi connectivity index (χ1) is 3.27. The highest BCUT2D eigenvalue weighted by atomic mass is 32.2. The lowest BCUT2D eigenvalue weighted by molar-refractivity contribution is 0.300. The van der Waals surface area contributed by atoms with Gasteiger partial charge in [0.15, 0.2) is 0 Å². The maximum absolute atomic E-state index is 9.54. The molecule has 0 aliphatic heterocycles. The Morgan fingerprint density at radius 1 is 1.67 bits per heavy atom. The van der Waals surface area contributed by atoms with E-state index in [1.54, 1.807) is 0 Å². The summed E-state index contributed by atoms with van der Waals surface area (Å²) in [7, 11) is 0. The summed E-state index contributed by atoms with van der Waals surface area (Å²) in [5, 5.41) is 0. The molecule has 5 nitrogen and oxygen atoms in total. The minimum absolute atomic E-state index is 0. The summed E-state index contributed by atoms with van der Waals surface area (Å²) in [4.78, 5) is 0. The van der Waals surface area contributed by atoms with E-state index in [-0.39, 0.29) is 18.2 Å². The molecule has 9 heavy (non-hydrogen) atoms. The van der Waals surface area contributed by atoms with Crippen LogP contribution in [0.2, 0.25) is 0 Å². The minimum atomic E-state index is -2.32. The molecule has 0 rings (SSSR count). The van der Waals surface area contributed by atoms with Crippen LogP contribution in [-0.2, 0) is 15.5 Å². The molecule has 60 valence electrons. The van der Waals surface area contributed by atoms with E-state index in [1.807, 2.05) is 6.92 Å². The zero-order valence-electron chi connectivity index (χ0n) is 5.25. The largest absolute Gasteiger partial charge is 0.750 e. The second-order valence-corrected chi connectivity index (χ2v) is 1.67. The Kier molecular flexibility index (Phi) is 19.3. The molecule has 0 aromatic heterocycles. The van der Waals surface area contributed by atoms with Crippen molar-refractivity contribution in [3.05, 3.63) is 0 Å². The molecule has 0 heterocycles. The number of rotatable bonds is 3. The molecule has 0 saturated carbocycles. The normalized spacial score (nSPS) is 10.9. The van der Waals surface area contributed by atoms with Gasteiger partial charge in [-0.3, -0.25) is 0 Å². The molecule has 5 N–H and O–H groups in total. The van der Waals surface area contributed by atoms with Gasteiger partial charge >= 0.3 is 0 Å². The third kappa shape index (κ3) is 18.0. The predicted octanol–water partition coefficient (Wildman–Crippen LogP) is -0.456. The molecule has 0 saturated heterocycles. The van der Waals surface area contributed by atoms with Gasteiger partial charge in [0.05, 0.1) is 18.0 Å². The second kappa shape index (κ2) is 10.9. The molecule has 0 bridgehead atoms. The van der Waals surface area contributed by atoms with Gasteiger partial charge in [-0.15, -0.1) is 0 Å². The first-order valence-electron chi connectivity index (χ1n) is 2.00. The summed E-state index contributed by atoms with van der Waals surface area (Å²) in [5.74, 6) is 0. The standard InChI is InChI=1S/C3H8O3S.H3N.H2O/c1-2-3-6-7(4)5;;/h2-3H2,1H3,(H,4,5);1H3;1H2/p-1. The van der Waals surface area contributed by atoms with Crippen LogP contribution < -0.4 is 6.15 Å². The van der Waals surface area contributed by atoms with E-state index in [0.29, 0.717) is 0 Å². The van der Waals surface area contributed by atoms with Crippen LogP contribution in [-0.4, -0.2) is 20.8 Å². The van der Waals surface area contributed by atoms with Gasteiger partial charge in [-0.05, 0) is 6.42 Å². The average molecular weight is 158 g/mol. The Morgan fingerprint density at radius 3 is 2.22 bits per heavy atom. The smallest absolute Gasteiger partial charge is 0.0842 e. The third-order valence-electron chi connectivity index (χ3n) is 0.384. The molecular formula is C3H12NO4S-. The lowest BCUT2D eigenvalue weighted by Crippen LogP contribution is -1.95. The van der Waals surface area contributed by atoms with Crippen LogP contribution in [0.5, 0.6) is 0 Å². The Labute approximate surface area is 56.8 Å². The maximum Gasteiger partial charge on any atom is 0.0842 e. The lowest BCUT2D eigenvalue weighted by atomic mass is 10.5. The Morgan fingerprint density at radius 2 is 2.11 bits per heavy atom. The molecule has 0 aromatic carbocycles. The first-order valence-corrected chi connectivity index (χ1v) is 3.00. The molecule has 6 heteroatoms. The quantitative estimate of drug-likeness (QED) is 0.559. The summed E-state index contributed by atoms with van der Waals surface area (Å²) in [6.45, 7) is 2.13. The molecule has 0 amide bonds. The highest BCUT2D eigenvalue weighted by molar-refractivity contribution is 7.74. The second-order valence-electron chi connectivity index (χ2n) is 1.03. The topological polar surface area (TPSA) is 116 Å². The fourth-order valence-electron chi connectivity index (χ4n) is 0.151. The summed E-state index contributed by atoms with van der Waals surface area (Å²) >= 11 is -2.32. The molecular weight excluding hydrogens is 146 g/mol. The number of hydrogen-bond donors (Lipinski definition) is 1. The van der Waals surface area contributed by atoms with Crippen LogP contribution in [0, 0.1) is 0 Å². The van der Waals surface area contributed by atoms with Crippen molar-refractivity contribution in [3.63, 3.8) is 0 Å². The van der Waals surface area contributed by atoms with E-state index < -0.39 is 11.4 Å². The first kappa shape index (κ1) is 16.0. The molecule has 0 radical (unpaired) electrons. The van der Waals surface area contributed by atoms with E-state index in [0.717, 1.165) is 6.42 Å². The van der Waals surface area contributed by atoms with Crippen molar-refractivity contribution in [1.82, 2.24) is 6.15 Å². The Bertz CT molecular complexity index is 68.8. The average Bonchev–Trinajstić information content (AvgIpc) is 1.61. The lowest BCUT2D eigenvalue weighted by Gasteiger charge is -2.01. The fourth-order valence-corrected chi connectivity index (χ4v) is 0.454. The number of hydrogen-bond acceptors (Lipinski definition) is 4. The monoisotopic (exact) mass is 158 g/mol. The molecule has 0 aliphatic rings. The van der Waals surface area contributed by atoms with Crippen molar-refractivity contribution in [2.75, 3.05) is 6.61 Å². The van der Waals surface area contributed by atoms with Crippen LogP contribution in [0.25, 0.3) is 0 Å². The molecule has 1 unspecified atom stereocenters. The predicted molar refractivity (Wildman–Crippen MR) is 33.8 cm³/mol. The van der Waals surface area contributed by atoms with Crippen molar-refractivity contribution < 1.29 is 18.4 Å². The van der Waals surface area contributed by atoms with Gasteiger partial charge in [0.1, 0.15) is 0 Å². The SMILES string of the molecule is CCCOS(=O)[O-].N.O. The van der Waals surface area contributed by atoms with E-state index in [2.05, 4.69) is 4.18 Å². The van der Waals surface area contributed by atoms with Gasteiger partial charge in [0.25, 0.3) is 0 Å². The van der Waals surface area contributed by atoms with E-state index in [4.69, 9.17) is 0 Å². The van der Waals surface area contributed by atoms with Crippen LogP contribution >= 0.6 is 0 Å². The summed E-state index contributed by atoms with van der Waals surface area (Å²) < 4.78 is 23.2. The zero-order valence-corrected chi connectivity index (χ0v) is 6.07. The summed E-state index contributed by atoms with van der Waals surface area (Å²) in [6, 6.07) is 0. The Hall–Kier alpha value is -0.0100. The van der Waals surface area contributed by atoms with Crippen LogP contribution in [0.3, 0.4) is 0 Å². The van der Waals surface area contributed by atoms with Gasteiger partial charge in [-0.25, -0.2) is 4.21 Å². The van der Waals surface area contributed by atoms with Crippen molar-refractivity contribution in [2.24, 2.45) is 0 Å². The van der Waals surface area contributed by atoms with Crippen LogP contribution in [0.1, 0.15) is 13.3 Å². The molecule has 0 fully saturated rings. The van der Waals surface area contributed by atoms with E-state index >= 15 is 0 Å². The molecule has 0 spiro atoms. The summed E-state index contributed by atoms with van der Waals surface area (Å²) in [5.41, 5.74) is 0. The highest BCUT2D eigenvalue weighted by Gasteiger charge is 1.77. The Balaban J connectivity index is -0.000000180. The van der Waals surface area contributed by atoms with Crippen LogP contribution in [0.15, 0.2) is 0 Å². The van der Waals surface area contributed by atoms with Gasteiger partial charge in [-0.1, -0.05) is 6.92 Å². The van der Waals surface area contributed by atoms with Crippen LogP contribution in [0.4, 0.5) is 0 Å². The third-order valence-corrected chi connectivity index (χ3v) is 0.743. The molecule has 0 aliphatic carbocycles. The van der Waals surface area contributed by atoms with E-state index in [9.17, 15) is 8.76 Å². The molecule has 1 atom stereocenters. The van der Waals surface area contributed by atoms with E-state index in [1.165, 1.54) is 0 Å².